The Bertz CT molecular complexity index is 1690. The molecule has 1 aliphatic heterocycles. The number of aliphatic carboxylic acids is 1. The minimum atomic E-state index is -4.21. The summed E-state index contributed by atoms with van der Waals surface area (Å²) in [5.41, 5.74) is 2.29. The number of hydrogen-bond acceptors (Lipinski definition) is 8. The first-order valence-corrected chi connectivity index (χ1v) is 17.2. The van der Waals surface area contributed by atoms with E-state index in [-0.39, 0.29) is 75.7 Å². The van der Waals surface area contributed by atoms with E-state index in [1.54, 1.807) is 37.3 Å². The Morgan fingerprint density at radius 3 is 2.02 bits per heavy atom. The van der Waals surface area contributed by atoms with Crippen molar-refractivity contribution in [3.8, 4) is 11.5 Å². The molecule has 240 valence electrons. The normalized spacial score (nSPS) is 19.7. The lowest BCUT2D eigenvalue weighted by atomic mass is 9.63. The van der Waals surface area contributed by atoms with Gasteiger partial charge in [-0.2, -0.15) is 8.42 Å². The number of rotatable bonds is 9. The van der Waals surface area contributed by atoms with E-state index in [1.165, 1.54) is 12.1 Å². The summed E-state index contributed by atoms with van der Waals surface area (Å²) in [5.74, 6) is -1.80. The summed E-state index contributed by atoms with van der Waals surface area (Å²) in [7, 11) is -4.21. The maximum atomic E-state index is 14.0. The smallest absolute Gasteiger partial charge is 0.339 e. The number of nitrogens with zero attached hydrogens (tertiary/aromatic N) is 1. The molecular weight excluding hydrogens is 662 g/mol. The van der Waals surface area contributed by atoms with Gasteiger partial charge in [-0.25, -0.2) is 0 Å². The number of carboxylic acids is 1. The summed E-state index contributed by atoms with van der Waals surface area (Å²) in [5, 5.41) is 9.60. The van der Waals surface area contributed by atoms with Gasteiger partial charge in [-0.15, -0.1) is 0 Å². The zero-order valence-electron chi connectivity index (χ0n) is 26.1. The lowest BCUT2D eigenvalue weighted by Crippen LogP contribution is -2.45. The molecule has 0 saturated heterocycles. The molecule has 9 nitrogen and oxygen atoms in total. The Kier molecular flexibility index (Phi) is 8.82. The number of carboxylic acid groups (broad SMARTS) is 1. The summed E-state index contributed by atoms with van der Waals surface area (Å²) in [6.07, 6.45) is 1.46. The fraction of sp³-hybridized carbons (Fsp3) is 0.441. The van der Waals surface area contributed by atoms with Crippen molar-refractivity contribution in [1.29, 1.82) is 0 Å². The van der Waals surface area contributed by atoms with Crippen LogP contribution in [0, 0.1) is 10.8 Å². The minimum absolute atomic E-state index is 0.0208. The first kappa shape index (κ1) is 32.9. The fourth-order valence-corrected chi connectivity index (χ4v) is 8.33. The Morgan fingerprint density at radius 2 is 1.51 bits per heavy atom. The van der Waals surface area contributed by atoms with Crippen molar-refractivity contribution in [3.05, 3.63) is 75.0 Å². The van der Waals surface area contributed by atoms with Crippen molar-refractivity contribution in [2.75, 3.05) is 13.2 Å². The Morgan fingerprint density at radius 1 is 0.956 bits per heavy atom. The summed E-state index contributed by atoms with van der Waals surface area (Å²) in [4.78, 5) is 41.7. The summed E-state index contributed by atoms with van der Waals surface area (Å²) in [6.45, 7) is 10.2. The third-order valence-electron chi connectivity index (χ3n) is 8.46. The number of halogens is 1. The first-order chi connectivity index (χ1) is 21.0. The van der Waals surface area contributed by atoms with Crippen LogP contribution >= 0.6 is 15.9 Å². The molecule has 0 fully saturated rings. The van der Waals surface area contributed by atoms with Gasteiger partial charge in [-0.05, 0) is 76.4 Å². The third-order valence-corrected chi connectivity index (χ3v) is 10.3. The van der Waals surface area contributed by atoms with Crippen LogP contribution in [-0.4, -0.2) is 49.1 Å². The topological polar surface area (TPSA) is 127 Å². The van der Waals surface area contributed by atoms with Crippen molar-refractivity contribution in [1.82, 2.24) is 4.90 Å². The zero-order chi connectivity index (χ0) is 32.9. The second-order valence-corrected chi connectivity index (χ2v) is 15.8. The van der Waals surface area contributed by atoms with E-state index in [4.69, 9.17) is 8.92 Å². The molecule has 3 aliphatic rings. The van der Waals surface area contributed by atoms with Gasteiger partial charge in [0.2, 0.25) is 0 Å². The molecule has 11 heteroatoms. The summed E-state index contributed by atoms with van der Waals surface area (Å²) >= 11 is 3.51. The molecule has 2 aliphatic carbocycles. The molecule has 2 aromatic carbocycles. The molecule has 45 heavy (non-hydrogen) atoms. The molecule has 5 rings (SSSR count). The number of Topliss-reactive ketones (excluding diaryl/α,β-unsaturated/α-hetero) is 2. The molecule has 1 heterocycles. The van der Waals surface area contributed by atoms with Gasteiger partial charge in [0.1, 0.15) is 4.90 Å². The van der Waals surface area contributed by atoms with E-state index in [0.29, 0.717) is 29.6 Å². The quantitative estimate of drug-likeness (QED) is 0.282. The highest BCUT2D eigenvalue weighted by Crippen LogP contribution is 2.55. The average Bonchev–Trinajstić information content (AvgIpc) is 2.92. The Hall–Kier alpha value is -3.44. The number of benzene rings is 2. The monoisotopic (exact) mass is 699 g/mol. The Balaban J connectivity index is 1.72. The van der Waals surface area contributed by atoms with Crippen LogP contribution in [-0.2, 0) is 24.5 Å². The SMILES string of the molecule is CCOc1cc(C2C3=C(CC(C)(C)CC3=O)N(CCC(=O)O)C3=C2C(=O)CC(C)(C)C3)cc(Br)c1OS(=O)(=O)c1ccccc1. The van der Waals surface area contributed by atoms with E-state index in [2.05, 4.69) is 15.9 Å². The highest BCUT2D eigenvalue weighted by atomic mass is 79.9. The highest BCUT2D eigenvalue weighted by molar-refractivity contribution is 9.10. The molecule has 0 spiro atoms. The predicted molar refractivity (Wildman–Crippen MR) is 171 cm³/mol. The van der Waals surface area contributed by atoms with Crippen LogP contribution in [0.15, 0.2) is 74.4 Å². The average molecular weight is 701 g/mol. The number of carbonyl (C=O) groups excluding carboxylic acids is 2. The lowest BCUT2D eigenvalue weighted by molar-refractivity contribution is -0.137. The molecule has 2 aromatic rings. The van der Waals surface area contributed by atoms with Gasteiger partial charge in [0, 0.05) is 47.8 Å². The number of allylic oxidation sites excluding steroid dienone is 4. The van der Waals surface area contributed by atoms with E-state index in [0.717, 1.165) is 11.4 Å². The number of carbonyl (C=O) groups is 3. The van der Waals surface area contributed by atoms with E-state index < -0.39 is 22.0 Å². The Labute approximate surface area is 272 Å². The largest absolute Gasteiger partial charge is 0.490 e. The van der Waals surface area contributed by atoms with Crippen LogP contribution < -0.4 is 8.92 Å². The van der Waals surface area contributed by atoms with Gasteiger partial charge < -0.3 is 18.9 Å². The van der Waals surface area contributed by atoms with Crippen molar-refractivity contribution in [2.24, 2.45) is 10.8 Å². The van der Waals surface area contributed by atoms with Gasteiger partial charge in [-0.3, -0.25) is 14.4 Å². The zero-order valence-corrected chi connectivity index (χ0v) is 28.5. The van der Waals surface area contributed by atoms with Crippen LogP contribution in [0.4, 0.5) is 0 Å². The molecule has 0 saturated carbocycles. The second kappa shape index (κ2) is 12.1. The minimum Gasteiger partial charge on any atom is -0.490 e. The van der Waals surface area contributed by atoms with Gasteiger partial charge in [-0.1, -0.05) is 45.9 Å². The van der Waals surface area contributed by atoms with E-state index in [1.807, 2.05) is 32.6 Å². The van der Waals surface area contributed by atoms with Crippen LogP contribution in [0.3, 0.4) is 0 Å². The predicted octanol–water partition coefficient (Wildman–Crippen LogP) is 6.78. The van der Waals surface area contributed by atoms with Gasteiger partial charge >= 0.3 is 16.1 Å². The van der Waals surface area contributed by atoms with Crippen molar-refractivity contribution >= 4 is 43.6 Å². The molecule has 0 aromatic heterocycles. The van der Waals surface area contributed by atoms with Gasteiger partial charge in [0.25, 0.3) is 0 Å². The van der Waals surface area contributed by atoms with Gasteiger partial charge in [0.15, 0.2) is 23.1 Å². The fourth-order valence-electron chi connectivity index (χ4n) is 6.70. The summed E-state index contributed by atoms with van der Waals surface area (Å²) < 4.78 is 38.2. The third kappa shape index (κ3) is 6.60. The standard InChI is InChI=1S/C34H38BrNO8S/c1-6-43-27-15-20(14-22(35)32(27)44-45(41,42)21-10-8-7-9-11-21)29-30-23(16-33(2,3)18-25(30)37)36(13-12-28(39)40)24-17-34(4,5)19-26(38)31(24)29/h7-11,14-15,29H,6,12-13,16-19H2,1-5H3,(H,39,40). The second-order valence-electron chi connectivity index (χ2n) is 13.4. The number of hydrogen-bond donors (Lipinski definition) is 1. The van der Waals surface area contributed by atoms with Crippen LogP contribution in [0.2, 0.25) is 0 Å². The molecule has 0 radical (unpaired) electrons. The van der Waals surface area contributed by atoms with Crippen LogP contribution in [0.5, 0.6) is 11.5 Å². The maximum absolute atomic E-state index is 14.0. The van der Waals surface area contributed by atoms with E-state index >= 15 is 0 Å². The number of ether oxygens (including phenoxy) is 1. The van der Waals surface area contributed by atoms with Crippen molar-refractivity contribution < 1.29 is 36.8 Å². The van der Waals surface area contributed by atoms with Crippen molar-refractivity contribution in [2.45, 2.75) is 77.5 Å². The van der Waals surface area contributed by atoms with Gasteiger partial charge in [0.05, 0.1) is 17.5 Å². The summed E-state index contributed by atoms with van der Waals surface area (Å²) in [6, 6.07) is 11.1. The molecule has 1 N–H and O–H groups in total. The van der Waals surface area contributed by atoms with Crippen LogP contribution in [0.1, 0.15) is 78.2 Å². The maximum Gasteiger partial charge on any atom is 0.339 e. The molecule has 0 bridgehead atoms. The lowest BCUT2D eigenvalue weighted by Gasteiger charge is -2.49. The highest BCUT2D eigenvalue weighted by Gasteiger charge is 2.49. The van der Waals surface area contributed by atoms with Crippen molar-refractivity contribution in [3.63, 3.8) is 0 Å². The van der Waals surface area contributed by atoms with Crippen LogP contribution in [0.25, 0.3) is 0 Å². The molecule has 0 amide bonds. The number of ketones is 2. The molecule has 0 unspecified atom stereocenters. The molecular formula is C34H38BrNO8S. The first-order valence-electron chi connectivity index (χ1n) is 15.0. The van der Waals surface area contributed by atoms with E-state index in [9.17, 15) is 27.9 Å². The molecule has 0 atom stereocenters.